The van der Waals surface area contributed by atoms with Gasteiger partial charge in [0, 0.05) is 42.3 Å². The minimum Gasteiger partial charge on any atom is -0.452 e. The van der Waals surface area contributed by atoms with Gasteiger partial charge in [0.05, 0.1) is 6.26 Å². The molecule has 1 aromatic rings. The van der Waals surface area contributed by atoms with Crippen molar-refractivity contribution in [2.45, 2.75) is 0 Å². The number of rotatable bonds is 5. The second kappa shape index (κ2) is 8.85. The number of carbonyl (C=O) groups is 2. The van der Waals surface area contributed by atoms with Crippen molar-refractivity contribution in [2.75, 3.05) is 39.0 Å². The van der Waals surface area contributed by atoms with Crippen LogP contribution in [0.1, 0.15) is 5.56 Å². The molecule has 0 aromatic heterocycles. The summed E-state index contributed by atoms with van der Waals surface area (Å²) in [7, 11) is -3.26. The number of hydrogen-bond donors (Lipinski definition) is 0. The Balaban J connectivity index is 1.80. The molecule has 2 rings (SSSR count). The molecule has 1 aromatic carbocycles. The molecule has 1 aliphatic rings. The van der Waals surface area contributed by atoms with Crippen molar-refractivity contribution >= 4 is 51.2 Å². The van der Waals surface area contributed by atoms with E-state index in [1.54, 1.807) is 18.2 Å². The van der Waals surface area contributed by atoms with Gasteiger partial charge in [0.2, 0.25) is 10.0 Å². The van der Waals surface area contributed by atoms with Gasteiger partial charge in [0.15, 0.2) is 6.61 Å². The van der Waals surface area contributed by atoms with Gasteiger partial charge >= 0.3 is 5.97 Å². The van der Waals surface area contributed by atoms with E-state index in [1.807, 2.05) is 0 Å². The van der Waals surface area contributed by atoms with Crippen LogP contribution < -0.4 is 0 Å². The van der Waals surface area contributed by atoms with Crippen LogP contribution in [-0.2, 0) is 24.3 Å². The van der Waals surface area contributed by atoms with Crippen LogP contribution in [0.25, 0.3) is 6.08 Å². The largest absolute Gasteiger partial charge is 0.452 e. The van der Waals surface area contributed by atoms with Gasteiger partial charge in [0.1, 0.15) is 0 Å². The van der Waals surface area contributed by atoms with Crippen LogP contribution in [0.15, 0.2) is 24.3 Å². The maximum absolute atomic E-state index is 12.0. The lowest BCUT2D eigenvalue weighted by Crippen LogP contribution is -2.51. The topological polar surface area (TPSA) is 84.0 Å². The van der Waals surface area contributed by atoms with E-state index in [9.17, 15) is 18.0 Å². The van der Waals surface area contributed by atoms with Crippen molar-refractivity contribution in [3.63, 3.8) is 0 Å². The van der Waals surface area contributed by atoms with Crippen LogP contribution in [-0.4, -0.2) is 68.5 Å². The van der Waals surface area contributed by atoms with Crippen molar-refractivity contribution in [3.05, 3.63) is 39.9 Å². The first-order valence-corrected chi connectivity index (χ1v) is 10.3. The van der Waals surface area contributed by atoms with E-state index in [-0.39, 0.29) is 32.1 Å². The molecule has 7 nitrogen and oxygen atoms in total. The van der Waals surface area contributed by atoms with Crippen LogP contribution in [0.4, 0.5) is 0 Å². The fourth-order valence-electron chi connectivity index (χ4n) is 2.34. The molecule has 0 N–H and O–H groups in total. The summed E-state index contributed by atoms with van der Waals surface area (Å²) in [6.45, 7) is 0.580. The molecular formula is C16H18Cl2N2O5S. The molecule has 1 fully saturated rings. The number of sulfonamides is 1. The summed E-state index contributed by atoms with van der Waals surface area (Å²) in [6, 6.07) is 4.84. The van der Waals surface area contributed by atoms with Crippen LogP contribution in [0, 0.1) is 0 Å². The maximum atomic E-state index is 12.0. The Hall–Kier alpha value is -1.61. The third kappa shape index (κ3) is 5.98. The third-order valence-corrected chi connectivity index (χ3v) is 5.63. The van der Waals surface area contributed by atoms with Gasteiger partial charge in [-0.25, -0.2) is 13.2 Å². The van der Waals surface area contributed by atoms with Crippen molar-refractivity contribution in [1.29, 1.82) is 0 Å². The highest BCUT2D eigenvalue weighted by molar-refractivity contribution is 7.88. The summed E-state index contributed by atoms with van der Waals surface area (Å²) < 4.78 is 29.1. The average Bonchev–Trinajstić information content (AvgIpc) is 2.58. The molecule has 0 bridgehead atoms. The molecule has 1 amide bonds. The summed E-state index contributed by atoms with van der Waals surface area (Å²) in [5, 5.41) is 0.873. The van der Waals surface area contributed by atoms with E-state index >= 15 is 0 Å². The maximum Gasteiger partial charge on any atom is 0.331 e. The van der Waals surface area contributed by atoms with Gasteiger partial charge in [-0.1, -0.05) is 29.3 Å². The second-order valence-corrected chi connectivity index (χ2v) is 8.48. The Morgan fingerprint density at radius 3 is 2.42 bits per heavy atom. The Kier molecular flexibility index (Phi) is 7.05. The fraction of sp³-hybridized carbons (Fsp3) is 0.375. The lowest BCUT2D eigenvalue weighted by molar-refractivity contribution is -0.148. The van der Waals surface area contributed by atoms with Crippen LogP contribution >= 0.6 is 23.2 Å². The molecule has 0 radical (unpaired) electrons. The second-order valence-electron chi connectivity index (χ2n) is 5.65. The normalized spacial score (nSPS) is 16.0. The minimum atomic E-state index is -3.26. The Bertz CT molecular complexity index is 818. The SMILES string of the molecule is CS(=O)(=O)N1CCN(C(=O)COC(=O)/C=C/c2ccc(Cl)cc2Cl)CC1. The molecule has 0 atom stereocenters. The van der Waals surface area contributed by atoms with Crippen molar-refractivity contribution in [1.82, 2.24) is 9.21 Å². The number of esters is 1. The first-order valence-electron chi connectivity index (χ1n) is 7.69. The number of piperazine rings is 1. The molecule has 1 heterocycles. The Labute approximate surface area is 162 Å². The highest BCUT2D eigenvalue weighted by Crippen LogP contribution is 2.21. The Morgan fingerprint density at radius 1 is 1.19 bits per heavy atom. The predicted octanol–water partition coefficient (Wildman–Crippen LogP) is 1.65. The molecule has 0 saturated carbocycles. The summed E-state index contributed by atoms with van der Waals surface area (Å²) in [5.74, 6) is -1.05. The average molecular weight is 421 g/mol. The number of hydrogen-bond acceptors (Lipinski definition) is 5. The molecule has 142 valence electrons. The zero-order valence-electron chi connectivity index (χ0n) is 14.0. The van der Waals surface area contributed by atoms with Crippen LogP contribution in [0.3, 0.4) is 0 Å². The van der Waals surface area contributed by atoms with Gasteiger partial charge in [-0.15, -0.1) is 0 Å². The molecular weight excluding hydrogens is 403 g/mol. The van der Waals surface area contributed by atoms with Gasteiger partial charge in [-0.05, 0) is 23.8 Å². The number of benzene rings is 1. The number of nitrogens with zero attached hydrogens (tertiary/aromatic N) is 2. The number of amides is 1. The molecule has 0 unspecified atom stereocenters. The standard InChI is InChI=1S/C16H18Cl2N2O5S/c1-26(23,24)20-8-6-19(7-9-20)15(21)11-25-16(22)5-3-12-2-4-13(17)10-14(12)18/h2-5,10H,6-9,11H2,1H3/b5-3+. The molecule has 26 heavy (non-hydrogen) atoms. The van der Waals surface area contributed by atoms with E-state index in [0.29, 0.717) is 15.6 Å². The monoisotopic (exact) mass is 420 g/mol. The van der Waals surface area contributed by atoms with Crippen molar-refractivity contribution in [2.24, 2.45) is 0 Å². The number of ether oxygens (including phenoxy) is 1. The lowest BCUT2D eigenvalue weighted by Gasteiger charge is -2.33. The van der Waals surface area contributed by atoms with Gasteiger partial charge in [-0.2, -0.15) is 4.31 Å². The molecule has 1 saturated heterocycles. The van der Waals surface area contributed by atoms with E-state index in [2.05, 4.69) is 0 Å². The zero-order chi connectivity index (χ0) is 19.3. The first-order chi connectivity index (χ1) is 12.2. The summed E-state index contributed by atoms with van der Waals surface area (Å²) >= 11 is 11.8. The van der Waals surface area contributed by atoms with Gasteiger partial charge < -0.3 is 9.64 Å². The highest BCUT2D eigenvalue weighted by atomic mass is 35.5. The highest BCUT2D eigenvalue weighted by Gasteiger charge is 2.26. The molecule has 0 aliphatic carbocycles. The number of halogens is 2. The van der Waals surface area contributed by atoms with Gasteiger partial charge in [-0.3, -0.25) is 4.79 Å². The molecule has 1 aliphatic heterocycles. The van der Waals surface area contributed by atoms with E-state index in [0.717, 1.165) is 6.26 Å². The molecule has 10 heteroatoms. The first kappa shape index (κ1) is 20.7. The fourth-order valence-corrected chi connectivity index (χ4v) is 3.63. The van der Waals surface area contributed by atoms with E-state index < -0.39 is 22.6 Å². The van der Waals surface area contributed by atoms with Crippen LogP contribution in [0.2, 0.25) is 10.0 Å². The van der Waals surface area contributed by atoms with Crippen molar-refractivity contribution < 1.29 is 22.7 Å². The third-order valence-electron chi connectivity index (χ3n) is 3.76. The van der Waals surface area contributed by atoms with Gasteiger partial charge in [0.25, 0.3) is 5.91 Å². The minimum absolute atomic E-state index is 0.230. The smallest absolute Gasteiger partial charge is 0.331 e. The Morgan fingerprint density at radius 2 is 1.85 bits per heavy atom. The van der Waals surface area contributed by atoms with Crippen molar-refractivity contribution in [3.8, 4) is 0 Å². The zero-order valence-corrected chi connectivity index (χ0v) is 16.4. The van der Waals surface area contributed by atoms with Crippen LogP contribution in [0.5, 0.6) is 0 Å². The summed E-state index contributed by atoms with van der Waals surface area (Å²) in [4.78, 5) is 25.2. The quantitative estimate of drug-likeness (QED) is 0.534. The number of carbonyl (C=O) groups excluding carboxylic acids is 2. The molecule has 0 spiro atoms. The summed E-state index contributed by atoms with van der Waals surface area (Å²) in [6.07, 6.45) is 3.77. The lowest BCUT2D eigenvalue weighted by atomic mass is 10.2. The summed E-state index contributed by atoms with van der Waals surface area (Å²) in [5.41, 5.74) is 0.594. The predicted molar refractivity (Wildman–Crippen MR) is 99.5 cm³/mol. The van der Waals surface area contributed by atoms with E-state index in [4.69, 9.17) is 27.9 Å². The van der Waals surface area contributed by atoms with E-state index in [1.165, 1.54) is 21.4 Å².